The van der Waals surface area contributed by atoms with E-state index in [2.05, 4.69) is 11.9 Å². The Morgan fingerprint density at radius 1 is 1.36 bits per heavy atom. The fraction of sp³-hybridized carbons (Fsp3) is 0.417. The zero-order chi connectivity index (χ0) is 11.0. The lowest BCUT2D eigenvalue weighted by Gasteiger charge is -2.16. The molecule has 0 saturated heterocycles. The van der Waals surface area contributed by atoms with Gasteiger partial charge in [-0.2, -0.15) is 0 Å². The van der Waals surface area contributed by atoms with Crippen LogP contribution in [0.2, 0.25) is 0 Å². The topological polar surface area (TPSA) is 29.1 Å². The number of hydrogen-bond acceptors (Lipinski definition) is 1. The van der Waals surface area contributed by atoms with E-state index >= 15 is 0 Å². The highest BCUT2D eigenvalue weighted by Crippen LogP contribution is 2.14. The summed E-state index contributed by atoms with van der Waals surface area (Å²) in [4.78, 5) is 11.0. The van der Waals surface area contributed by atoms with Crippen molar-refractivity contribution in [1.82, 2.24) is 5.32 Å². The van der Waals surface area contributed by atoms with Crippen LogP contribution in [0.3, 0.4) is 0 Å². The predicted molar refractivity (Wildman–Crippen MR) is 61.0 cm³/mol. The van der Waals surface area contributed by atoms with Crippen LogP contribution in [0, 0.1) is 0 Å². The Balaban J connectivity index is 0.000000791. The number of amides is 1. The molecule has 0 aromatic carbocycles. The Labute approximate surface area is 86.4 Å². The van der Waals surface area contributed by atoms with Crippen LogP contribution in [0.15, 0.2) is 36.0 Å². The van der Waals surface area contributed by atoms with E-state index in [1.807, 2.05) is 32.9 Å². The van der Waals surface area contributed by atoms with Gasteiger partial charge in [0.05, 0.1) is 6.42 Å². The van der Waals surface area contributed by atoms with Gasteiger partial charge in [0.1, 0.15) is 0 Å². The summed E-state index contributed by atoms with van der Waals surface area (Å²) in [5, 5.41) is 2.79. The second-order valence-electron chi connectivity index (χ2n) is 2.71. The molecule has 1 rings (SSSR count). The predicted octanol–water partition coefficient (Wildman–Crippen LogP) is 2.59. The number of allylic oxidation sites excluding steroid dienone is 2. The van der Waals surface area contributed by atoms with Gasteiger partial charge >= 0.3 is 0 Å². The third-order valence-corrected chi connectivity index (χ3v) is 1.85. The first-order chi connectivity index (χ1) is 6.77. The fourth-order valence-electron chi connectivity index (χ4n) is 1.23. The Hall–Kier alpha value is -1.31. The van der Waals surface area contributed by atoms with Crippen molar-refractivity contribution in [1.29, 1.82) is 0 Å². The molecule has 2 heteroatoms. The fourth-order valence-corrected chi connectivity index (χ4v) is 1.23. The molecule has 0 radical (unpaired) electrons. The molecule has 1 heterocycles. The van der Waals surface area contributed by atoms with Crippen LogP contribution < -0.4 is 5.32 Å². The van der Waals surface area contributed by atoms with Crippen LogP contribution in [0.25, 0.3) is 0 Å². The quantitative estimate of drug-likeness (QED) is 0.717. The lowest BCUT2D eigenvalue weighted by molar-refractivity contribution is -0.120. The average molecular weight is 193 g/mol. The first-order valence-electron chi connectivity index (χ1n) is 5.01. The maximum atomic E-state index is 11.0. The molecular formula is C12H19NO. The van der Waals surface area contributed by atoms with Gasteiger partial charge in [-0.05, 0) is 18.1 Å². The van der Waals surface area contributed by atoms with E-state index in [9.17, 15) is 4.79 Å². The summed E-state index contributed by atoms with van der Waals surface area (Å²) in [6, 6.07) is 0. The van der Waals surface area contributed by atoms with E-state index < -0.39 is 0 Å². The van der Waals surface area contributed by atoms with E-state index in [4.69, 9.17) is 0 Å². The molecule has 0 unspecified atom stereocenters. The minimum absolute atomic E-state index is 0.0816. The third-order valence-electron chi connectivity index (χ3n) is 1.85. The molecule has 1 amide bonds. The van der Waals surface area contributed by atoms with Crippen LogP contribution in [-0.2, 0) is 4.79 Å². The number of nitrogens with one attached hydrogen (secondary N) is 1. The molecule has 0 spiro atoms. The Bertz CT molecular complexity index is 261. The second kappa shape index (κ2) is 7.13. The number of hydrogen-bond donors (Lipinski definition) is 1. The molecule has 0 aromatic heterocycles. The van der Waals surface area contributed by atoms with Crippen molar-refractivity contribution in [2.45, 2.75) is 27.2 Å². The van der Waals surface area contributed by atoms with Crippen LogP contribution in [-0.4, -0.2) is 12.5 Å². The normalized spacial score (nSPS) is 16.1. The van der Waals surface area contributed by atoms with E-state index in [-0.39, 0.29) is 5.91 Å². The zero-order valence-corrected chi connectivity index (χ0v) is 9.26. The molecule has 0 aliphatic carbocycles. The summed E-state index contributed by atoms with van der Waals surface area (Å²) in [6.07, 6.45) is 6.20. The second-order valence-corrected chi connectivity index (χ2v) is 2.71. The minimum Gasteiger partial charge on any atom is -0.352 e. The lowest BCUT2D eigenvalue weighted by Crippen LogP contribution is -2.30. The summed E-state index contributed by atoms with van der Waals surface area (Å²) in [6.45, 7) is 10.3. The van der Waals surface area contributed by atoms with E-state index in [0.29, 0.717) is 13.0 Å². The maximum Gasteiger partial charge on any atom is 0.224 e. The van der Waals surface area contributed by atoms with Gasteiger partial charge in [0, 0.05) is 6.54 Å². The average Bonchev–Trinajstić information content (AvgIpc) is 2.24. The molecule has 1 aliphatic heterocycles. The monoisotopic (exact) mass is 193 g/mol. The molecule has 1 N–H and O–H groups in total. The molecule has 14 heavy (non-hydrogen) atoms. The van der Waals surface area contributed by atoms with Crippen molar-refractivity contribution >= 4 is 5.91 Å². The minimum atomic E-state index is 0.0816. The molecule has 2 nitrogen and oxygen atoms in total. The van der Waals surface area contributed by atoms with Gasteiger partial charge in [0.15, 0.2) is 0 Å². The molecule has 78 valence electrons. The summed E-state index contributed by atoms with van der Waals surface area (Å²) in [5.41, 5.74) is 2.20. The number of rotatable bonds is 2. The van der Waals surface area contributed by atoms with Gasteiger partial charge in [-0.15, -0.1) is 0 Å². The van der Waals surface area contributed by atoms with E-state index in [1.54, 1.807) is 6.08 Å². The van der Waals surface area contributed by atoms with Crippen molar-refractivity contribution in [3.8, 4) is 0 Å². The van der Waals surface area contributed by atoms with Crippen LogP contribution >= 0.6 is 0 Å². The molecule has 1 aliphatic rings. The molecular weight excluding hydrogens is 174 g/mol. The Morgan fingerprint density at radius 3 is 2.50 bits per heavy atom. The van der Waals surface area contributed by atoms with Crippen molar-refractivity contribution in [2.24, 2.45) is 0 Å². The van der Waals surface area contributed by atoms with E-state index in [0.717, 1.165) is 11.1 Å². The van der Waals surface area contributed by atoms with Gasteiger partial charge in [0.2, 0.25) is 5.91 Å². The van der Waals surface area contributed by atoms with Gasteiger partial charge < -0.3 is 5.32 Å². The third kappa shape index (κ3) is 3.60. The summed E-state index contributed by atoms with van der Waals surface area (Å²) in [5.74, 6) is 0.0816. The summed E-state index contributed by atoms with van der Waals surface area (Å²) in [7, 11) is 0. The van der Waals surface area contributed by atoms with Gasteiger partial charge in [-0.25, -0.2) is 0 Å². The highest BCUT2D eigenvalue weighted by molar-refractivity contribution is 5.81. The van der Waals surface area contributed by atoms with Crippen LogP contribution in [0.5, 0.6) is 0 Å². The molecule has 0 atom stereocenters. The van der Waals surface area contributed by atoms with Crippen molar-refractivity contribution < 1.29 is 4.79 Å². The van der Waals surface area contributed by atoms with Gasteiger partial charge in [-0.3, -0.25) is 4.79 Å². The zero-order valence-electron chi connectivity index (χ0n) is 9.26. The smallest absolute Gasteiger partial charge is 0.224 e. The SMILES string of the molecule is C=CC1=C(/C=C\C)CNC(=O)C1.CC. The molecule has 0 fully saturated rings. The van der Waals surface area contributed by atoms with Gasteiger partial charge in [0.25, 0.3) is 0 Å². The first-order valence-corrected chi connectivity index (χ1v) is 5.01. The lowest BCUT2D eigenvalue weighted by atomic mass is 10.0. The standard InChI is InChI=1S/C10H13NO.C2H6/c1-3-5-9-7-11-10(12)6-8(9)4-2;1-2/h3-5H,2,6-7H2,1H3,(H,11,12);1-2H3/b5-3-;. The molecule has 0 bridgehead atoms. The number of carbonyl (C=O) groups excluding carboxylic acids is 1. The first kappa shape index (κ1) is 12.7. The van der Waals surface area contributed by atoms with Crippen molar-refractivity contribution in [3.63, 3.8) is 0 Å². The van der Waals surface area contributed by atoms with Crippen LogP contribution in [0.1, 0.15) is 27.2 Å². The molecule has 0 aromatic rings. The largest absolute Gasteiger partial charge is 0.352 e. The highest BCUT2D eigenvalue weighted by atomic mass is 16.1. The summed E-state index contributed by atoms with van der Waals surface area (Å²) >= 11 is 0. The van der Waals surface area contributed by atoms with Crippen molar-refractivity contribution in [2.75, 3.05) is 6.54 Å². The van der Waals surface area contributed by atoms with Gasteiger partial charge in [-0.1, -0.05) is 38.7 Å². The molecule has 0 saturated carbocycles. The Kier molecular flexibility index (Phi) is 6.46. The van der Waals surface area contributed by atoms with Crippen LogP contribution in [0.4, 0.5) is 0 Å². The van der Waals surface area contributed by atoms with Crippen molar-refractivity contribution in [3.05, 3.63) is 36.0 Å². The number of carbonyl (C=O) groups is 1. The van der Waals surface area contributed by atoms with E-state index in [1.165, 1.54) is 0 Å². The maximum absolute atomic E-state index is 11.0. The summed E-state index contributed by atoms with van der Waals surface area (Å²) < 4.78 is 0. The Morgan fingerprint density at radius 2 is 2.00 bits per heavy atom. The highest BCUT2D eigenvalue weighted by Gasteiger charge is 2.12.